The normalized spacial score (nSPS) is 31.8. The molecule has 25 heavy (non-hydrogen) atoms. The molecule has 3 aliphatic rings. The fourth-order valence-electron chi connectivity index (χ4n) is 5.82. The Morgan fingerprint density at radius 1 is 0.600 bits per heavy atom. The smallest absolute Gasteiger partial charge is 0.0199 e. The van der Waals surface area contributed by atoms with Crippen LogP contribution in [0.3, 0.4) is 0 Å². The molecule has 0 amide bonds. The van der Waals surface area contributed by atoms with Crippen LogP contribution in [0.4, 0.5) is 0 Å². The van der Waals surface area contributed by atoms with E-state index in [1.807, 2.05) is 0 Å². The van der Waals surface area contributed by atoms with Crippen molar-refractivity contribution in [2.75, 3.05) is 0 Å². The topological polar surface area (TPSA) is 0 Å². The van der Waals surface area contributed by atoms with Gasteiger partial charge in [-0.05, 0) is 43.1 Å². The molecular weight excluding hydrogens is 300 g/mol. The maximum absolute atomic E-state index is 2.67. The summed E-state index contributed by atoms with van der Waals surface area (Å²) in [5.41, 5.74) is 1.80. The van der Waals surface area contributed by atoms with E-state index in [1.54, 1.807) is 0 Å². The van der Waals surface area contributed by atoms with Gasteiger partial charge in [-0.2, -0.15) is 0 Å². The molecule has 0 radical (unpaired) electrons. The molecule has 0 N–H and O–H groups in total. The van der Waals surface area contributed by atoms with Crippen molar-refractivity contribution in [2.24, 2.45) is 17.3 Å². The van der Waals surface area contributed by atoms with Crippen LogP contribution < -0.4 is 0 Å². The summed E-state index contributed by atoms with van der Waals surface area (Å²) in [6.07, 6.45) is 26.4. The van der Waals surface area contributed by atoms with Crippen LogP contribution in [0.5, 0.6) is 0 Å². The highest BCUT2D eigenvalue weighted by Crippen LogP contribution is 2.53. The number of benzene rings is 1. The van der Waals surface area contributed by atoms with Gasteiger partial charge >= 0.3 is 0 Å². The summed E-state index contributed by atoms with van der Waals surface area (Å²) in [4.78, 5) is 0. The Hall–Kier alpha value is -1.30. The molecule has 1 aromatic rings. The summed E-state index contributed by atoms with van der Waals surface area (Å²) in [6.45, 7) is 0. The number of rotatable bonds is 3. The highest BCUT2D eigenvalue weighted by atomic mass is 14.5. The van der Waals surface area contributed by atoms with Crippen molar-refractivity contribution < 1.29 is 0 Å². The fourth-order valence-corrected chi connectivity index (χ4v) is 5.82. The van der Waals surface area contributed by atoms with E-state index in [1.165, 1.54) is 76.2 Å². The third-order valence-corrected chi connectivity index (χ3v) is 7.24. The lowest BCUT2D eigenvalue weighted by Crippen LogP contribution is -2.35. The summed E-state index contributed by atoms with van der Waals surface area (Å²) in [5.74, 6) is 2.24. The molecule has 4 rings (SSSR count). The van der Waals surface area contributed by atoms with Gasteiger partial charge in [0.25, 0.3) is 0 Å². The second kappa shape index (κ2) is 7.94. The Bertz CT molecular complexity index is 566. The van der Waals surface area contributed by atoms with Gasteiger partial charge in [0.1, 0.15) is 0 Å². The van der Waals surface area contributed by atoms with E-state index in [0.717, 1.165) is 11.8 Å². The summed E-state index contributed by atoms with van der Waals surface area (Å²) >= 11 is 0. The summed E-state index contributed by atoms with van der Waals surface area (Å²) in [6, 6.07) is 11.0. The molecule has 0 aromatic heterocycles. The zero-order chi connectivity index (χ0) is 17.0. The van der Waals surface area contributed by atoms with E-state index in [0.29, 0.717) is 11.3 Å². The molecule has 0 spiro atoms. The molecule has 0 bridgehead atoms. The Balaban J connectivity index is 1.60. The number of allylic oxidation sites excluding steroid dienone is 4. The second-order valence-corrected chi connectivity index (χ2v) is 8.68. The zero-order valence-electron chi connectivity index (χ0n) is 15.7. The molecule has 0 heterocycles. The summed E-state index contributed by atoms with van der Waals surface area (Å²) in [5, 5.41) is 0. The minimum Gasteiger partial charge on any atom is -0.0771 e. The van der Waals surface area contributed by atoms with Crippen molar-refractivity contribution in [3.05, 3.63) is 60.2 Å². The van der Waals surface area contributed by atoms with Crippen molar-refractivity contribution in [1.29, 1.82) is 0 Å². The predicted molar refractivity (Wildman–Crippen MR) is 108 cm³/mol. The van der Waals surface area contributed by atoms with Crippen LogP contribution in [-0.4, -0.2) is 0 Å². The van der Waals surface area contributed by atoms with Crippen LogP contribution in [-0.2, 0) is 0 Å². The van der Waals surface area contributed by atoms with Gasteiger partial charge in [0.05, 0.1) is 0 Å². The van der Waals surface area contributed by atoms with Crippen LogP contribution >= 0.6 is 0 Å². The number of hydrogen-bond donors (Lipinski definition) is 0. The highest BCUT2D eigenvalue weighted by molar-refractivity contribution is 5.35. The lowest BCUT2D eigenvalue weighted by molar-refractivity contribution is 0.155. The van der Waals surface area contributed by atoms with E-state index < -0.39 is 0 Å². The van der Waals surface area contributed by atoms with Gasteiger partial charge in [0, 0.05) is 11.3 Å². The molecule has 3 aliphatic carbocycles. The van der Waals surface area contributed by atoms with Crippen molar-refractivity contribution >= 4 is 0 Å². The molecule has 134 valence electrons. The first-order valence-electron chi connectivity index (χ1n) is 10.8. The summed E-state index contributed by atoms with van der Waals surface area (Å²) in [7, 11) is 0. The van der Waals surface area contributed by atoms with Crippen molar-refractivity contribution in [2.45, 2.75) is 76.5 Å². The molecule has 0 atom stereocenters. The molecule has 0 heteroatoms. The first-order chi connectivity index (χ1) is 12.4. The molecule has 0 saturated heterocycles. The minimum absolute atomic E-state index is 0.360. The van der Waals surface area contributed by atoms with Crippen molar-refractivity contribution in [3.8, 4) is 0 Å². The minimum atomic E-state index is 0.360. The van der Waals surface area contributed by atoms with E-state index in [9.17, 15) is 0 Å². The first kappa shape index (κ1) is 17.1. The lowest BCUT2D eigenvalue weighted by atomic mass is 9.60. The molecule has 0 aliphatic heterocycles. The Morgan fingerprint density at radius 2 is 1.08 bits per heavy atom. The first-order valence-corrected chi connectivity index (χ1v) is 10.8. The van der Waals surface area contributed by atoms with Crippen molar-refractivity contribution in [1.82, 2.24) is 0 Å². The molecular formula is C25H34. The zero-order valence-corrected chi connectivity index (χ0v) is 15.7. The third-order valence-electron chi connectivity index (χ3n) is 7.24. The van der Waals surface area contributed by atoms with E-state index in [-0.39, 0.29) is 0 Å². The van der Waals surface area contributed by atoms with Crippen LogP contribution in [0.15, 0.2) is 54.6 Å². The molecule has 0 nitrogen and oxygen atoms in total. The maximum Gasteiger partial charge on any atom is 0.0199 e. The van der Waals surface area contributed by atoms with E-state index in [2.05, 4.69) is 54.6 Å². The Labute approximate surface area is 154 Å². The molecule has 1 aromatic carbocycles. The molecule has 0 unspecified atom stereocenters. The summed E-state index contributed by atoms with van der Waals surface area (Å²) < 4.78 is 0. The molecule has 2 fully saturated rings. The monoisotopic (exact) mass is 334 g/mol. The third kappa shape index (κ3) is 3.64. The fraction of sp³-hybridized carbons (Fsp3) is 0.600. The second-order valence-electron chi connectivity index (χ2n) is 8.68. The van der Waals surface area contributed by atoms with Gasteiger partial charge in [0.15, 0.2) is 0 Å². The van der Waals surface area contributed by atoms with Crippen LogP contribution in [0.1, 0.15) is 82.1 Å². The quantitative estimate of drug-likeness (QED) is 0.504. The van der Waals surface area contributed by atoms with E-state index in [4.69, 9.17) is 0 Å². The largest absolute Gasteiger partial charge is 0.0771 e. The molecule has 2 saturated carbocycles. The van der Waals surface area contributed by atoms with Gasteiger partial charge in [0.2, 0.25) is 0 Å². The van der Waals surface area contributed by atoms with Gasteiger partial charge in [-0.3, -0.25) is 0 Å². The van der Waals surface area contributed by atoms with Gasteiger partial charge < -0.3 is 0 Å². The van der Waals surface area contributed by atoms with Crippen LogP contribution in [0.25, 0.3) is 0 Å². The van der Waals surface area contributed by atoms with E-state index >= 15 is 0 Å². The SMILES string of the molecule is C1=CC(C2CCCCCCC2)(C2CCCC2)C=CC1c1ccccc1. The van der Waals surface area contributed by atoms with Gasteiger partial charge in [-0.15, -0.1) is 0 Å². The van der Waals surface area contributed by atoms with Crippen molar-refractivity contribution in [3.63, 3.8) is 0 Å². The predicted octanol–water partition coefficient (Wildman–Crippen LogP) is 7.43. The van der Waals surface area contributed by atoms with Gasteiger partial charge in [-0.25, -0.2) is 0 Å². The Kier molecular flexibility index (Phi) is 5.44. The van der Waals surface area contributed by atoms with Crippen LogP contribution in [0, 0.1) is 17.3 Å². The average molecular weight is 335 g/mol. The average Bonchev–Trinajstić information content (AvgIpc) is 3.18. The highest BCUT2D eigenvalue weighted by Gasteiger charge is 2.43. The maximum atomic E-state index is 2.67. The lowest BCUT2D eigenvalue weighted by Gasteiger charge is -2.44. The van der Waals surface area contributed by atoms with Crippen LogP contribution in [0.2, 0.25) is 0 Å². The number of hydrogen-bond acceptors (Lipinski definition) is 0. The standard InChI is InChI=1S/C25H34/c1-2-7-13-23(14-8-3-1)25(24-15-9-10-16-24)19-17-22(18-20-25)21-11-5-4-6-12-21/h4-6,11-12,17-20,22-24H,1-3,7-10,13-16H2. The Morgan fingerprint density at radius 3 is 1.64 bits per heavy atom. The van der Waals surface area contributed by atoms with Gasteiger partial charge in [-0.1, -0.05) is 99.6 Å².